The van der Waals surface area contributed by atoms with Gasteiger partial charge in [-0.15, -0.1) is 5.10 Å². The first kappa shape index (κ1) is 11.7. The zero-order valence-corrected chi connectivity index (χ0v) is 10.4. The highest BCUT2D eigenvalue weighted by Crippen LogP contribution is 2.21. The van der Waals surface area contributed by atoms with E-state index in [2.05, 4.69) is 10.3 Å². The van der Waals surface area contributed by atoms with Gasteiger partial charge in [-0.2, -0.15) is 0 Å². The maximum Gasteiger partial charge on any atom is 0.175 e. The first-order valence-electron chi connectivity index (χ1n) is 5.91. The van der Waals surface area contributed by atoms with Gasteiger partial charge in [0.05, 0.1) is 12.6 Å². The highest BCUT2D eigenvalue weighted by molar-refractivity contribution is 5.74. The molecule has 1 heterocycles. The third kappa shape index (κ3) is 2.04. The fraction of sp³-hybridized carbons (Fsp3) is 0.143. The Morgan fingerprint density at radius 3 is 2.58 bits per heavy atom. The summed E-state index contributed by atoms with van der Waals surface area (Å²) in [6.07, 6.45) is -0.863. The molecule has 3 aromatic rings. The molecule has 0 fully saturated rings. The second-order valence-corrected chi connectivity index (χ2v) is 4.17. The number of hydrogen-bond donors (Lipinski definition) is 1. The molecular weight excluding hydrogens is 242 g/mol. The summed E-state index contributed by atoms with van der Waals surface area (Å²) in [6.45, 7) is 0. The molecule has 1 unspecified atom stereocenters. The summed E-state index contributed by atoms with van der Waals surface area (Å²) < 4.78 is 6.59. The lowest BCUT2D eigenvalue weighted by atomic mass is 10.2. The molecule has 0 saturated heterocycles. The second kappa shape index (κ2) is 4.70. The van der Waals surface area contributed by atoms with Gasteiger partial charge < -0.3 is 9.84 Å². The molecule has 5 nitrogen and oxygen atoms in total. The van der Waals surface area contributed by atoms with Crippen molar-refractivity contribution < 1.29 is 9.84 Å². The molecule has 1 aromatic heterocycles. The van der Waals surface area contributed by atoms with Gasteiger partial charge in [0.1, 0.15) is 11.3 Å². The van der Waals surface area contributed by atoms with Crippen molar-refractivity contribution in [3.63, 3.8) is 0 Å². The molecule has 0 bridgehead atoms. The average Bonchev–Trinajstić information content (AvgIpc) is 2.90. The van der Waals surface area contributed by atoms with E-state index in [-0.39, 0.29) is 0 Å². The third-order valence-corrected chi connectivity index (χ3v) is 3.02. The molecule has 19 heavy (non-hydrogen) atoms. The summed E-state index contributed by atoms with van der Waals surface area (Å²) in [4.78, 5) is 0. The zero-order valence-electron chi connectivity index (χ0n) is 10.4. The number of benzene rings is 2. The molecule has 0 aliphatic heterocycles. The van der Waals surface area contributed by atoms with Crippen LogP contribution in [0.1, 0.15) is 11.8 Å². The van der Waals surface area contributed by atoms with Crippen LogP contribution in [0.15, 0.2) is 48.5 Å². The minimum Gasteiger partial charge on any atom is -0.497 e. The fourth-order valence-corrected chi connectivity index (χ4v) is 1.98. The van der Waals surface area contributed by atoms with Crippen molar-refractivity contribution in [3.8, 4) is 5.75 Å². The standard InChI is InChI=1S/C14H13N3O2/c1-19-11-8-6-10(7-9-11)14(18)17-13-5-3-2-4-12(13)15-16-17/h2-9,14,18H,1H3. The van der Waals surface area contributed by atoms with E-state index in [4.69, 9.17) is 4.74 Å². The monoisotopic (exact) mass is 255 g/mol. The Bertz CT molecular complexity index is 691. The second-order valence-electron chi connectivity index (χ2n) is 4.17. The number of hydrogen-bond acceptors (Lipinski definition) is 4. The van der Waals surface area contributed by atoms with Crippen molar-refractivity contribution in [2.24, 2.45) is 0 Å². The van der Waals surface area contributed by atoms with Crippen molar-refractivity contribution in [1.29, 1.82) is 0 Å². The van der Waals surface area contributed by atoms with Crippen LogP contribution in [-0.2, 0) is 0 Å². The molecule has 1 N–H and O–H groups in total. The molecule has 1 atom stereocenters. The Hall–Kier alpha value is -2.40. The zero-order chi connectivity index (χ0) is 13.2. The van der Waals surface area contributed by atoms with Gasteiger partial charge >= 0.3 is 0 Å². The smallest absolute Gasteiger partial charge is 0.175 e. The number of nitrogens with zero attached hydrogens (tertiary/aromatic N) is 3. The first-order chi connectivity index (χ1) is 9.29. The van der Waals surface area contributed by atoms with Gasteiger partial charge in [0.15, 0.2) is 6.23 Å². The molecule has 0 amide bonds. The third-order valence-electron chi connectivity index (χ3n) is 3.02. The summed E-state index contributed by atoms with van der Waals surface area (Å²) in [6, 6.07) is 14.7. The Labute approximate surface area is 110 Å². The van der Waals surface area contributed by atoms with E-state index in [1.807, 2.05) is 24.3 Å². The van der Waals surface area contributed by atoms with Crippen LogP contribution in [0, 0.1) is 0 Å². The van der Waals surface area contributed by atoms with Gasteiger partial charge in [-0.05, 0) is 24.3 Å². The molecule has 0 spiro atoms. The van der Waals surface area contributed by atoms with Crippen LogP contribution >= 0.6 is 0 Å². The molecular formula is C14H13N3O2. The van der Waals surface area contributed by atoms with E-state index in [1.165, 1.54) is 4.68 Å². The average molecular weight is 255 g/mol. The number of ether oxygens (including phenoxy) is 1. The Morgan fingerprint density at radius 2 is 1.84 bits per heavy atom. The predicted octanol–water partition coefficient (Wildman–Crippen LogP) is 1.98. The van der Waals surface area contributed by atoms with Crippen molar-refractivity contribution in [2.45, 2.75) is 6.23 Å². The van der Waals surface area contributed by atoms with Crippen molar-refractivity contribution >= 4 is 11.0 Å². The largest absolute Gasteiger partial charge is 0.497 e. The minimum atomic E-state index is -0.863. The van der Waals surface area contributed by atoms with E-state index < -0.39 is 6.23 Å². The Kier molecular flexibility index (Phi) is 2.89. The lowest BCUT2D eigenvalue weighted by Crippen LogP contribution is -2.11. The van der Waals surface area contributed by atoms with E-state index >= 15 is 0 Å². The number of fused-ring (bicyclic) bond motifs is 1. The van der Waals surface area contributed by atoms with Crippen LogP contribution in [0.25, 0.3) is 11.0 Å². The summed E-state index contributed by atoms with van der Waals surface area (Å²) in [5.41, 5.74) is 2.29. The Balaban J connectivity index is 2.00. The number of para-hydroxylation sites is 1. The maximum absolute atomic E-state index is 10.4. The molecule has 3 rings (SSSR count). The molecule has 0 aliphatic rings. The molecule has 0 saturated carbocycles. The van der Waals surface area contributed by atoms with Crippen LogP contribution in [0.3, 0.4) is 0 Å². The van der Waals surface area contributed by atoms with Gasteiger partial charge in [-0.1, -0.05) is 29.5 Å². The molecule has 0 radical (unpaired) electrons. The molecule has 5 heteroatoms. The van der Waals surface area contributed by atoms with E-state index in [1.54, 1.807) is 31.4 Å². The van der Waals surface area contributed by atoms with E-state index in [0.717, 1.165) is 22.3 Å². The fourth-order valence-electron chi connectivity index (χ4n) is 1.98. The van der Waals surface area contributed by atoms with Crippen LogP contribution in [0.2, 0.25) is 0 Å². The van der Waals surface area contributed by atoms with Crippen molar-refractivity contribution in [2.75, 3.05) is 7.11 Å². The first-order valence-corrected chi connectivity index (χ1v) is 5.91. The highest BCUT2D eigenvalue weighted by atomic mass is 16.5. The number of aromatic nitrogens is 3. The topological polar surface area (TPSA) is 60.2 Å². The molecule has 96 valence electrons. The summed E-state index contributed by atoms with van der Waals surface area (Å²) in [7, 11) is 1.61. The summed E-state index contributed by atoms with van der Waals surface area (Å²) in [5, 5.41) is 18.4. The van der Waals surface area contributed by atoms with E-state index in [9.17, 15) is 5.11 Å². The highest BCUT2D eigenvalue weighted by Gasteiger charge is 2.14. The minimum absolute atomic E-state index is 0.733. The SMILES string of the molecule is COc1ccc(C(O)n2nnc3ccccc32)cc1. The number of aliphatic hydroxyl groups excluding tert-OH is 1. The molecule has 0 aliphatic carbocycles. The van der Waals surface area contributed by atoms with Crippen LogP contribution in [0.5, 0.6) is 5.75 Å². The number of methoxy groups -OCH3 is 1. The lowest BCUT2D eigenvalue weighted by Gasteiger charge is -2.12. The summed E-state index contributed by atoms with van der Waals surface area (Å²) >= 11 is 0. The molecule has 2 aromatic carbocycles. The van der Waals surface area contributed by atoms with Crippen molar-refractivity contribution in [1.82, 2.24) is 15.0 Å². The van der Waals surface area contributed by atoms with Crippen molar-refractivity contribution in [3.05, 3.63) is 54.1 Å². The van der Waals surface area contributed by atoms with Gasteiger partial charge in [-0.3, -0.25) is 0 Å². The Morgan fingerprint density at radius 1 is 1.11 bits per heavy atom. The summed E-state index contributed by atoms with van der Waals surface area (Å²) in [5.74, 6) is 0.749. The van der Waals surface area contributed by atoms with Crippen LogP contribution in [-0.4, -0.2) is 27.2 Å². The van der Waals surface area contributed by atoms with Gasteiger partial charge in [-0.25, -0.2) is 4.68 Å². The number of aliphatic hydroxyl groups is 1. The van der Waals surface area contributed by atoms with Gasteiger partial charge in [0.2, 0.25) is 0 Å². The quantitative estimate of drug-likeness (QED) is 0.777. The van der Waals surface area contributed by atoms with Crippen LogP contribution < -0.4 is 4.74 Å². The lowest BCUT2D eigenvalue weighted by molar-refractivity contribution is 0.134. The maximum atomic E-state index is 10.4. The number of rotatable bonds is 3. The van der Waals surface area contributed by atoms with Gasteiger partial charge in [0.25, 0.3) is 0 Å². The van der Waals surface area contributed by atoms with Crippen LogP contribution in [0.4, 0.5) is 0 Å². The van der Waals surface area contributed by atoms with Gasteiger partial charge in [0, 0.05) is 5.56 Å². The van der Waals surface area contributed by atoms with E-state index in [0.29, 0.717) is 0 Å². The predicted molar refractivity (Wildman–Crippen MR) is 70.9 cm³/mol. The normalized spacial score (nSPS) is 12.5.